The van der Waals surface area contributed by atoms with Gasteiger partial charge in [0.05, 0.1) is 11.1 Å². The first-order valence-corrected chi connectivity index (χ1v) is 9.92. The number of hydrogen-bond acceptors (Lipinski definition) is 4. The van der Waals surface area contributed by atoms with Gasteiger partial charge in [0, 0.05) is 22.7 Å². The Morgan fingerprint density at radius 1 is 1.19 bits per heavy atom. The normalized spacial score (nSPS) is 22.9. The number of alkyl halides is 3. The molecule has 9 heteroatoms. The minimum absolute atomic E-state index is 0.123. The second-order valence-corrected chi connectivity index (χ2v) is 8.93. The molecule has 1 aliphatic rings. The van der Waals surface area contributed by atoms with Gasteiger partial charge in [-0.15, -0.1) is 0 Å². The van der Waals surface area contributed by atoms with Crippen LogP contribution in [0.4, 0.5) is 18.9 Å². The maximum Gasteiger partial charge on any atom is 0.419 e. The van der Waals surface area contributed by atoms with Gasteiger partial charge in [-0.1, -0.05) is 31.5 Å². The lowest BCUT2D eigenvalue weighted by molar-refractivity contribution is -0.275. The lowest BCUT2D eigenvalue weighted by atomic mass is 9.63. The Morgan fingerprint density at radius 3 is 2.58 bits per heavy atom. The predicted molar refractivity (Wildman–Crippen MR) is 113 cm³/mol. The number of nitrogens with one attached hydrogen (secondary N) is 2. The molecule has 0 saturated heterocycles. The molecule has 0 aliphatic heterocycles. The Balaban J connectivity index is 1.97. The molecule has 2 aromatic carbocycles. The molecule has 3 aromatic rings. The van der Waals surface area contributed by atoms with Gasteiger partial charge in [-0.2, -0.15) is 13.2 Å². The second kappa shape index (κ2) is 6.90. The number of fused-ring (bicyclic) bond motifs is 2. The van der Waals surface area contributed by atoms with Crippen LogP contribution in [0.1, 0.15) is 37.4 Å². The van der Waals surface area contributed by atoms with Gasteiger partial charge in [0.1, 0.15) is 5.75 Å². The minimum atomic E-state index is -4.97. The number of aromatic nitrogens is 1. The van der Waals surface area contributed by atoms with Crippen LogP contribution >= 0.6 is 11.6 Å². The fourth-order valence-corrected chi connectivity index (χ4v) is 4.67. The summed E-state index contributed by atoms with van der Waals surface area (Å²) in [6.07, 6.45) is -4.20. The molecule has 2 atom stereocenters. The molecular weight excluding hydrogens is 433 g/mol. The monoisotopic (exact) mass is 452 g/mol. The lowest BCUT2D eigenvalue weighted by Gasteiger charge is -2.49. The van der Waals surface area contributed by atoms with Crippen LogP contribution in [0.5, 0.6) is 5.75 Å². The number of benzene rings is 2. The number of pyridine rings is 1. The van der Waals surface area contributed by atoms with Gasteiger partial charge in [0.25, 0.3) is 5.56 Å². The molecule has 0 fully saturated rings. The van der Waals surface area contributed by atoms with E-state index in [0.717, 1.165) is 0 Å². The summed E-state index contributed by atoms with van der Waals surface area (Å²) in [6.45, 7) is 3.15. The molecule has 0 radical (unpaired) electrons. The third kappa shape index (κ3) is 3.34. The smallest absolute Gasteiger partial charge is 0.419 e. The van der Waals surface area contributed by atoms with E-state index in [1.807, 2.05) is 0 Å². The highest BCUT2D eigenvalue weighted by Gasteiger charge is 2.63. The van der Waals surface area contributed by atoms with E-state index < -0.39 is 29.7 Å². The summed E-state index contributed by atoms with van der Waals surface area (Å²) in [5.74, 6) is -0.249. The van der Waals surface area contributed by atoms with Gasteiger partial charge in [0.15, 0.2) is 5.60 Å². The highest BCUT2D eigenvalue weighted by molar-refractivity contribution is 6.32. The summed E-state index contributed by atoms with van der Waals surface area (Å²) in [5, 5.41) is 24.5. The number of phenols is 1. The van der Waals surface area contributed by atoms with Crippen molar-refractivity contribution in [2.45, 2.75) is 43.5 Å². The average Bonchev–Trinajstić information content (AvgIpc) is 2.66. The van der Waals surface area contributed by atoms with Crippen LogP contribution in [0, 0.1) is 0 Å². The molecule has 0 bridgehead atoms. The number of rotatable bonds is 2. The molecule has 164 valence electrons. The molecule has 4 N–H and O–H groups in total. The van der Waals surface area contributed by atoms with Crippen molar-refractivity contribution in [2.75, 3.05) is 5.32 Å². The number of aliphatic hydroxyl groups is 1. The van der Waals surface area contributed by atoms with Crippen molar-refractivity contribution in [3.63, 3.8) is 0 Å². The first-order chi connectivity index (χ1) is 14.3. The fraction of sp³-hybridized carbons (Fsp3) is 0.318. The van der Waals surface area contributed by atoms with Gasteiger partial charge in [0.2, 0.25) is 0 Å². The molecule has 5 nitrogen and oxygen atoms in total. The van der Waals surface area contributed by atoms with Gasteiger partial charge in [-0.05, 0) is 53.3 Å². The van der Waals surface area contributed by atoms with E-state index in [2.05, 4.69) is 10.3 Å². The van der Waals surface area contributed by atoms with E-state index in [9.17, 15) is 28.2 Å². The van der Waals surface area contributed by atoms with Crippen LogP contribution in [0.2, 0.25) is 5.02 Å². The zero-order valence-electron chi connectivity index (χ0n) is 16.6. The van der Waals surface area contributed by atoms with Crippen molar-refractivity contribution in [3.8, 4) is 5.75 Å². The Labute approximate surface area is 180 Å². The number of aromatic amines is 1. The average molecular weight is 453 g/mol. The van der Waals surface area contributed by atoms with Gasteiger partial charge < -0.3 is 20.5 Å². The van der Waals surface area contributed by atoms with E-state index in [-0.39, 0.29) is 27.6 Å². The first kappa shape index (κ1) is 21.5. The molecule has 0 saturated carbocycles. The maximum atomic E-state index is 14.2. The minimum Gasteiger partial charge on any atom is -0.506 e. The second-order valence-electron chi connectivity index (χ2n) is 8.52. The zero-order valence-corrected chi connectivity index (χ0v) is 17.4. The van der Waals surface area contributed by atoms with E-state index in [1.54, 1.807) is 38.1 Å². The largest absolute Gasteiger partial charge is 0.506 e. The van der Waals surface area contributed by atoms with E-state index >= 15 is 0 Å². The van der Waals surface area contributed by atoms with E-state index in [1.165, 1.54) is 18.3 Å². The summed E-state index contributed by atoms with van der Waals surface area (Å²) in [4.78, 5) is 14.6. The molecule has 2 unspecified atom stereocenters. The van der Waals surface area contributed by atoms with Crippen LogP contribution < -0.4 is 10.9 Å². The molecule has 4 rings (SSSR count). The van der Waals surface area contributed by atoms with Crippen LogP contribution in [0.15, 0.2) is 47.4 Å². The molecule has 1 aliphatic carbocycles. The highest BCUT2D eigenvalue weighted by Crippen LogP contribution is 2.55. The van der Waals surface area contributed by atoms with Crippen LogP contribution in [0.25, 0.3) is 10.8 Å². The molecule has 1 heterocycles. The Hall–Kier alpha value is -2.71. The van der Waals surface area contributed by atoms with Crippen molar-refractivity contribution in [2.24, 2.45) is 0 Å². The summed E-state index contributed by atoms with van der Waals surface area (Å²) in [5.41, 5.74) is -3.79. The lowest BCUT2D eigenvalue weighted by Crippen LogP contribution is -2.58. The predicted octanol–water partition coefficient (Wildman–Crippen LogP) is 5.02. The van der Waals surface area contributed by atoms with Crippen molar-refractivity contribution in [1.82, 2.24) is 4.98 Å². The topological polar surface area (TPSA) is 85.4 Å². The van der Waals surface area contributed by atoms with Crippen LogP contribution in [0.3, 0.4) is 0 Å². The van der Waals surface area contributed by atoms with Crippen LogP contribution in [-0.2, 0) is 5.41 Å². The SMILES string of the molecule is CC1(C)CC(O)(C(F)(F)F)C(Nc2cccc3c(=O)[nH]ccc23)c2cc(Cl)c(O)cc21. The molecule has 0 amide bonds. The van der Waals surface area contributed by atoms with Gasteiger partial charge in [-0.3, -0.25) is 4.79 Å². The molecule has 0 spiro atoms. The maximum absolute atomic E-state index is 14.2. The standard InChI is InChI=1S/C22H20ClF3N2O3/c1-20(2)10-21(31,22(24,25)26)18(13-8-15(23)17(29)9-14(13)20)28-16-5-3-4-12-11(16)6-7-27-19(12)30/h3-9,18,28-29,31H,10H2,1-2H3,(H,27,30). The number of H-pyrrole nitrogens is 1. The summed E-state index contributed by atoms with van der Waals surface area (Å²) < 4.78 is 42.7. The van der Waals surface area contributed by atoms with Crippen molar-refractivity contribution in [1.29, 1.82) is 0 Å². The van der Waals surface area contributed by atoms with E-state index in [0.29, 0.717) is 16.3 Å². The first-order valence-electron chi connectivity index (χ1n) is 9.54. The Bertz CT molecular complexity index is 1240. The molecule has 1 aromatic heterocycles. The number of aromatic hydroxyl groups is 1. The number of halogens is 4. The van der Waals surface area contributed by atoms with Gasteiger partial charge >= 0.3 is 6.18 Å². The van der Waals surface area contributed by atoms with Crippen LogP contribution in [-0.4, -0.2) is 27.0 Å². The fourth-order valence-electron chi connectivity index (χ4n) is 4.49. The third-order valence-corrected chi connectivity index (χ3v) is 6.26. The Morgan fingerprint density at radius 2 is 1.90 bits per heavy atom. The third-order valence-electron chi connectivity index (χ3n) is 5.95. The quantitative estimate of drug-likeness (QED) is 0.440. The number of hydrogen-bond donors (Lipinski definition) is 4. The van der Waals surface area contributed by atoms with Gasteiger partial charge in [-0.25, -0.2) is 0 Å². The van der Waals surface area contributed by atoms with Crippen molar-refractivity contribution >= 4 is 28.1 Å². The van der Waals surface area contributed by atoms with Crippen molar-refractivity contribution in [3.05, 3.63) is 69.1 Å². The zero-order chi connectivity index (χ0) is 22.8. The van der Waals surface area contributed by atoms with Crippen molar-refractivity contribution < 1.29 is 23.4 Å². The summed E-state index contributed by atoms with van der Waals surface area (Å²) in [6, 6.07) is 7.18. The number of anilines is 1. The highest BCUT2D eigenvalue weighted by atomic mass is 35.5. The summed E-state index contributed by atoms with van der Waals surface area (Å²) >= 11 is 6.04. The van der Waals surface area contributed by atoms with E-state index in [4.69, 9.17) is 11.6 Å². The summed E-state index contributed by atoms with van der Waals surface area (Å²) in [7, 11) is 0. The number of phenolic OH excluding ortho intramolecular Hbond substituents is 1. The Kier molecular flexibility index (Phi) is 4.79. The molecule has 31 heavy (non-hydrogen) atoms. The molecular formula is C22H20ClF3N2O3.